The van der Waals surface area contributed by atoms with Crippen LogP contribution in [0.3, 0.4) is 0 Å². The van der Waals surface area contributed by atoms with Gasteiger partial charge in [0.1, 0.15) is 0 Å². The van der Waals surface area contributed by atoms with Crippen molar-refractivity contribution in [2.75, 3.05) is 18.4 Å². The van der Waals surface area contributed by atoms with Gasteiger partial charge in [0.15, 0.2) is 5.13 Å². The van der Waals surface area contributed by atoms with Gasteiger partial charge >= 0.3 is 0 Å². The maximum atomic E-state index is 12.8. The highest BCUT2D eigenvalue weighted by molar-refractivity contribution is 7.89. The van der Waals surface area contributed by atoms with E-state index in [2.05, 4.69) is 31.1 Å². The van der Waals surface area contributed by atoms with Crippen molar-refractivity contribution in [1.29, 1.82) is 0 Å². The Kier molecular flexibility index (Phi) is 6.21. The zero-order valence-corrected chi connectivity index (χ0v) is 18.2. The average Bonchev–Trinajstić information content (AvgIpc) is 2.94. The summed E-state index contributed by atoms with van der Waals surface area (Å²) in [5.41, 5.74) is 1.25. The second-order valence-corrected chi connectivity index (χ2v) is 10.9. The third-order valence-electron chi connectivity index (χ3n) is 4.81. The van der Waals surface area contributed by atoms with Crippen molar-refractivity contribution in [3.8, 4) is 0 Å². The minimum atomic E-state index is -3.51. The molecule has 0 unspecified atom stereocenters. The molecule has 0 aliphatic carbocycles. The van der Waals surface area contributed by atoms with Crippen LogP contribution in [0.25, 0.3) is 0 Å². The number of benzene rings is 1. The first-order chi connectivity index (χ1) is 13.2. The van der Waals surface area contributed by atoms with E-state index in [4.69, 9.17) is 0 Å². The molecule has 3 rings (SSSR count). The molecule has 1 saturated heterocycles. The highest BCUT2D eigenvalue weighted by atomic mass is 32.2. The summed E-state index contributed by atoms with van der Waals surface area (Å²) in [5.74, 6) is -0.298. The predicted molar refractivity (Wildman–Crippen MR) is 112 cm³/mol. The van der Waals surface area contributed by atoms with E-state index in [1.54, 1.807) is 16.4 Å². The number of sulfonamides is 1. The van der Waals surface area contributed by atoms with Crippen molar-refractivity contribution in [3.05, 3.63) is 40.9 Å². The molecule has 2 aromatic rings. The predicted octanol–water partition coefficient (Wildman–Crippen LogP) is 4.26. The number of thiazole rings is 1. The van der Waals surface area contributed by atoms with E-state index in [-0.39, 0.29) is 16.2 Å². The average molecular weight is 422 g/mol. The number of carbonyl (C=O) groups excluding carboxylic acids is 1. The van der Waals surface area contributed by atoms with Gasteiger partial charge in [0.25, 0.3) is 5.91 Å². The van der Waals surface area contributed by atoms with Crippen molar-refractivity contribution in [3.63, 3.8) is 0 Å². The van der Waals surface area contributed by atoms with Crippen LogP contribution in [0.15, 0.2) is 34.5 Å². The van der Waals surface area contributed by atoms with Crippen molar-refractivity contribution >= 4 is 32.4 Å². The lowest BCUT2D eigenvalue weighted by molar-refractivity contribution is 0.102. The fraction of sp³-hybridized carbons (Fsp3) is 0.500. The molecule has 0 spiro atoms. The van der Waals surface area contributed by atoms with Gasteiger partial charge in [0.05, 0.1) is 10.6 Å². The second-order valence-electron chi connectivity index (χ2n) is 8.08. The molecule has 0 bridgehead atoms. The Morgan fingerprint density at radius 1 is 1.07 bits per heavy atom. The molecule has 152 valence electrons. The maximum absolute atomic E-state index is 12.8. The van der Waals surface area contributed by atoms with E-state index in [1.807, 2.05) is 5.38 Å². The molecule has 1 aliphatic rings. The van der Waals surface area contributed by atoms with Gasteiger partial charge in [-0.05, 0) is 37.1 Å². The Morgan fingerprint density at radius 3 is 2.21 bits per heavy atom. The van der Waals surface area contributed by atoms with Gasteiger partial charge in [-0.3, -0.25) is 10.1 Å². The van der Waals surface area contributed by atoms with Gasteiger partial charge in [0.2, 0.25) is 10.0 Å². The lowest BCUT2D eigenvalue weighted by Crippen LogP contribution is -2.31. The summed E-state index contributed by atoms with van der Waals surface area (Å²) < 4.78 is 27.2. The molecule has 2 heterocycles. The number of nitrogens with one attached hydrogen (secondary N) is 1. The molecular weight excluding hydrogens is 394 g/mol. The van der Waals surface area contributed by atoms with Gasteiger partial charge < -0.3 is 0 Å². The lowest BCUT2D eigenvalue weighted by Gasteiger charge is -2.20. The smallest absolute Gasteiger partial charge is 0.257 e. The molecule has 6 nitrogen and oxygen atoms in total. The summed E-state index contributed by atoms with van der Waals surface area (Å²) in [5, 5.41) is 5.26. The summed E-state index contributed by atoms with van der Waals surface area (Å²) in [6.45, 7) is 7.32. The van der Waals surface area contributed by atoms with Crippen LogP contribution in [0.4, 0.5) is 5.13 Å². The zero-order chi connectivity index (χ0) is 20.4. The first-order valence-electron chi connectivity index (χ1n) is 9.55. The third kappa shape index (κ3) is 4.79. The van der Waals surface area contributed by atoms with Gasteiger partial charge in [-0.25, -0.2) is 13.4 Å². The number of rotatable bonds is 4. The van der Waals surface area contributed by atoms with E-state index in [0.29, 0.717) is 23.8 Å². The Morgan fingerprint density at radius 2 is 1.68 bits per heavy atom. The zero-order valence-electron chi connectivity index (χ0n) is 16.6. The minimum Gasteiger partial charge on any atom is -0.298 e. The summed E-state index contributed by atoms with van der Waals surface area (Å²) in [4.78, 5) is 17.2. The first kappa shape index (κ1) is 21.0. The van der Waals surface area contributed by atoms with Gasteiger partial charge in [-0.15, -0.1) is 11.3 Å². The van der Waals surface area contributed by atoms with Crippen LogP contribution in [0.2, 0.25) is 0 Å². The van der Waals surface area contributed by atoms with E-state index >= 15 is 0 Å². The monoisotopic (exact) mass is 421 g/mol. The standard InChI is InChI=1S/C20H27N3O3S2/c1-20(2,3)17-14-27-19(21-17)22-18(24)15-8-10-16(11-9-15)28(25,26)23-12-6-4-5-7-13-23/h8-11,14H,4-7,12-13H2,1-3H3,(H,21,22,24). The number of amides is 1. The fourth-order valence-corrected chi connectivity index (χ4v) is 5.50. The van der Waals surface area contributed by atoms with Crippen LogP contribution in [0.1, 0.15) is 62.5 Å². The van der Waals surface area contributed by atoms with Crippen LogP contribution in [-0.2, 0) is 15.4 Å². The van der Waals surface area contributed by atoms with E-state index < -0.39 is 10.0 Å². The Balaban J connectivity index is 1.71. The molecule has 0 saturated carbocycles. The van der Waals surface area contributed by atoms with Gasteiger partial charge in [0, 0.05) is 29.4 Å². The molecule has 8 heteroatoms. The minimum absolute atomic E-state index is 0.0805. The molecule has 1 aliphatic heterocycles. The molecule has 0 atom stereocenters. The molecule has 1 aromatic heterocycles. The van der Waals surface area contributed by atoms with Crippen molar-refractivity contribution in [2.45, 2.75) is 56.8 Å². The Bertz CT molecular complexity index is 920. The van der Waals surface area contributed by atoms with E-state index in [9.17, 15) is 13.2 Å². The molecule has 1 N–H and O–H groups in total. The largest absolute Gasteiger partial charge is 0.298 e. The first-order valence-corrected chi connectivity index (χ1v) is 11.9. The van der Waals surface area contributed by atoms with Gasteiger partial charge in [-0.1, -0.05) is 33.6 Å². The summed E-state index contributed by atoms with van der Waals surface area (Å²) in [7, 11) is -3.51. The second kappa shape index (κ2) is 8.31. The van der Waals surface area contributed by atoms with Gasteiger partial charge in [-0.2, -0.15) is 4.31 Å². The number of nitrogens with zero attached hydrogens (tertiary/aromatic N) is 2. The SMILES string of the molecule is CC(C)(C)c1csc(NC(=O)c2ccc(S(=O)(=O)N3CCCCCC3)cc2)n1. The molecule has 1 fully saturated rings. The summed E-state index contributed by atoms with van der Waals surface area (Å²) in [6, 6.07) is 6.13. The Hall–Kier alpha value is -1.77. The van der Waals surface area contributed by atoms with Crippen LogP contribution in [0.5, 0.6) is 0 Å². The quantitative estimate of drug-likeness (QED) is 0.800. The van der Waals surface area contributed by atoms with Crippen LogP contribution >= 0.6 is 11.3 Å². The highest BCUT2D eigenvalue weighted by Crippen LogP contribution is 2.27. The number of aromatic nitrogens is 1. The van der Waals surface area contributed by atoms with Crippen molar-refractivity contribution in [2.24, 2.45) is 0 Å². The molecule has 28 heavy (non-hydrogen) atoms. The third-order valence-corrected chi connectivity index (χ3v) is 7.48. The number of carbonyl (C=O) groups is 1. The van der Waals surface area contributed by atoms with E-state index in [0.717, 1.165) is 31.4 Å². The summed E-state index contributed by atoms with van der Waals surface area (Å²) >= 11 is 1.38. The molecular formula is C20H27N3O3S2. The molecule has 1 amide bonds. The fourth-order valence-electron chi connectivity index (χ4n) is 3.05. The van der Waals surface area contributed by atoms with Crippen LogP contribution < -0.4 is 5.32 Å². The Labute approximate surface area is 171 Å². The molecule has 0 radical (unpaired) electrons. The summed E-state index contributed by atoms with van der Waals surface area (Å²) in [6.07, 6.45) is 3.92. The molecule has 1 aromatic carbocycles. The van der Waals surface area contributed by atoms with Crippen LogP contribution in [0, 0.1) is 0 Å². The van der Waals surface area contributed by atoms with Crippen molar-refractivity contribution in [1.82, 2.24) is 9.29 Å². The normalized spacial score (nSPS) is 16.5. The topological polar surface area (TPSA) is 79.4 Å². The van der Waals surface area contributed by atoms with E-state index in [1.165, 1.54) is 23.5 Å². The highest BCUT2D eigenvalue weighted by Gasteiger charge is 2.25. The number of anilines is 1. The number of hydrogen-bond donors (Lipinski definition) is 1. The maximum Gasteiger partial charge on any atom is 0.257 e. The van der Waals surface area contributed by atoms with Crippen LogP contribution in [-0.4, -0.2) is 36.7 Å². The number of hydrogen-bond acceptors (Lipinski definition) is 5. The lowest BCUT2D eigenvalue weighted by atomic mass is 9.93. The van der Waals surface area contributed by atoms with Crippen molar-refractivity contribution < 1.29 is 13.2 Å².